The summed E-state index contributed by atoms with van der Waals surface area (Å²) in [7, 11) is 0. The summed E-state index contributed by atoms with van der Waals surface area (Å²) in [6, 6.07) is 7.46. The summed E-state index contributed by atoms with van der Waals surface area (Å²) in [6.07, 6.45) is 0. The molecule has 3 amide bonds. The third-order valence-electron chi connectivity index (χ3n) is 4.37. The van der Waals surface area contributed by atoms with E-state index >= 15 is 0 Å². The van der Waals surface area contributed by atoms with E-state index < -0.39 is 6.03 Å². The van der Waals surface area contributed by atoms with E-state index in [2.05, 4.69) is 20.5 Å². The first-order chi connectivity index (χ1) is 12.1. The molecule has 0 spiro atoms. The molecular weight excluding hydrogens is 322 g/mol. The fourth-order valence-electron chi connectivity index (χ4n) is 2.88. The van der Waals surface area contributed by atoms with E-state index in [1.807, 2.05) is 36.1 Å². The summed E-state index contributed by atoms with van der Waals surface area (Å²) in [6.45, 7) is 6.92. The van der Waals surface area contributed by atoms with Crippen molar-refractivity contribution in [3.8, 4) is 0 Å². The van der Waals surface area contributed by atoms with Gasteiger partial charge in [-0.1, -0.05) is 12.1 Å². The molecule has 2 aromatic rings. The fourth-order valence-corrected chi connectivity index (χ4v) is 2.88. The van der Waals surface area contributed by atoms with Gasteiger partial charge in [-0.2, -0.15) is 4.98 Å². The molecule has 1 aromatic heterocycles. The number of nitrogens with one attached hydrogen (secondary N) is 2. The molecule has 0 aliphatic carbocycles. The Bertz CT molecular complexity index is 719. The third-order valence-corrected chi connectivity index (χ3v) is 4.37. The molecule has 2 N–H and O–H groups in total. The van der Waals surface area contributed by atoms with Gasteiger partial charge in [0, 0.05) is 32.7 Å². The zero-order valence-corrected chi connectivity index (χ0v) is 14.5. The minimum Gasteiger partial charge on any atom is -0.423 e. The van der Waals surface area contributed by atoms with Gasteiger partial charge < -0.3 is 14.6 Å². The second kappa shape index (κ2) is 7.52. The monoisotopic (exact) mass is 345 g/mol. The van der Waals surface area contributed by atoms with E-state index in [0.717, 1.165) is 11.1 Å². The molecule has 1 aliphatic rings. The van der Waals surface area contributed by atoms with Gasteiger partial charge in [0.15, 0.2) is 5.58 Å². The number of aromatic nitrogens is 1. The summed E-state index contributed by atoms with van der Waals surface area (Å²) in [5.41, 5.74) is 1.62. The van der Waals surface area contributed by atoms with Crippen molar-refractivity contribution >= 4 is 29.1 Å². The molecule has 1 aromatic carbocycles. The Morgan fingerprint density at radius 2 is 1.96 bits per heavy atom. The SMILES string of the molecule is CCNC(=O)NC(=O)[C@@H](C)N1CCN(c2nc3ccccc3o2)CC1. The molecule has 1 saturated heterocycles. The van der Waals surface area contributed by atoms with Crippen LogP contribution in [0.2, 0.25) is 0 Å². The third kappa shape index (κ3) is 3.90. The van der Waals surface area contributed by atoms with Crippen LogP contribution in [0.5, 0.6) is 0 Å². The predicted octanol–water partition coefficient (Wildman–Crippen LogP) is 1.18. The molecule has 1 fully saturated rings. The van der Waals surface area contributed by atoms with Crippen molar-refractivity contribution in [1.82, 2.24) is 20.5 Å². The number of carbonyl (C=O) groups is 2. The number of fused-ring (bicyclic) bond motifs is 1. The number of piperazine rings is 1. The fraction of sp³-hybridized carbons (Fsp3) is 0.471. The highest BCUT2D eigenvalue weighted by Gasteiger charge is 2.28. The standard InChI is InChI=1S/C17H23N5O3/c1-3-18-16(24)20-15(23)12(2)21-8-10-22(11-9-21)17-19-13-6-4-5-7-14(13)25-17/h4-7,12H,3,8-11H2,1-2H3,(H2,18,20,23,24)/t12-/m1/s1. The van der Waals surface area contributed by atoms with E-state index in [-0.39, 0.29) is 11.9 Å². The Balaban J connectivity index is 1.56. The van der Waals surface area contributed by atoms with Gasteiger partial charge in [-0.15, -0.1) is 0 Å². The maximum atomic E-state index is 12.1. The zero-order chi connectivity index (χ0) is 17.8. The van der Waals surface area contributed by atoms with Crippen LogP contribution in [-0.4, -0.2) is 60.6 Å². The number of hydrogen-bond donors (Lipinski definition) is 2. The van der Waals surface area contributed by atoms with Gasteiger partial charge in [-0.05, 0) is 26.0 Å². The van der Waals surface area contributed by atoms with Crippen molar-refractivity contribution in [2.45, 2.75) is 19.9 Å². The highest BCUT2D eigenvalue weighted by Crippen LogP contribution is 2.22. The number of hydrogen-bond acceptors (Lipinski definition) is 6. The summed E-state index contributed by atoms with van der Waals surface area (Å²) >= 11 is 0. The quantitative estimate of drug-likeness (QED) is 0.865. The van der Waals surface area contributed by atoms with Crippen LogP contribution in [-0.2, 0) is 4.79 Å². The van der Waals surface area contributed by atoms with Gasteiger partial charge in [0.25, 0.3) is 6.01 Å². The first-order valence-electron chi connectivity index (χ1n) is 8.51. The topological polar surface area (TPSA) is 90.7 Å². The van der Waals surface area contributed by atoms with Crippen LogP contribution in [0.3, 0.4) is 0 Å². The summed E-state index contributed by atoms with van der Waals surface area (Å²) in [5, 5.41) is 4.92. The van der Waals surface area contributed by atoms with E-state index in [9.17, 15) is 9.59 Å². The second-order valence-corrected chi connectivity index (χ2v) is 6.01. The molecule has 8 nitrogen and oxygen atoms in total. The van der Waals surface area contributed by atoms with Gasteiger partial charge in [0.2, 0.25) is 5.91 Å². The molecule has 1 aliphatic heterocycles. The zero-order valence-electron chi connectivity index (χ0n) is 14.5. The number of amides is 3. The molecule has 1 atom stereocenters. The second-order valence-electron chi connectivity index (χ2n) is 6.01. The lowest BCUT2D eigenvalue weighted by Crippen LogP contribution is -2.55. The van der Waals surface area contributed by atoms with Crippen LogP contribution in [0.15, 0.2) is 28.7 Å². The first-order valence-corrected chi connectivity index (χ1v) is 8.51. The minimum atomic E-state index is -0.454. The average molecular weight is 345 g/mol. The number of benzene rings is 1. The molecule has 0 saturated carbocycles. The maximum Gasteiger partial charge on any atom is 0.321 e. The molecular formula is C17H23N5O3. The number of urea groups is 1. The summed E-state index contributed by atoms with van der Waals surface area (Å²) < 4.78 is 5.79. The van der Waals surface area contributed by atoms with Crippen molar-refractivity contribution in [1.29, 1.82) is 0 Å². The summed E-state index contributed by atoms with van der Waals surface area (Å²) in [4.78, 5) is 32.2. The van der Waals surface area contributed by atoms with Crippen LogP contribution in [0, 0.1) is 0 Å². The summed E-state index contributed by atoms with van der Waals surface area (Å²) in [5.74, 6) is -0.290. The van der Waals surface area contributed by atoms with Crippen molar-refractivity contribution in [3.63, 3.8) is 0 Å². The number of imide groups is 1. The lowest BCUT2D eigenvalue weighted by Gasteiger charge is -2.36. The molecule has 25 heavy (non-hydrogen) atoms. The van der Waals surface area contributed by atoms with Crippen LogP contribution in [0.25, 0.3) is 11.1 Å². The Morgan fingerprint density at radius 1 is 1.24 bits per heavy atom. The van der Waals surface area contributed by atoms with Crippen molar-refractivity contribution in [3.05, 3.63) is 24.3 Å². The van der Waals surface area contributed by atoms with Crippen LogP contribution in [0.1, 0.15) is 13.8 Å². The molecule has 0 bridgehead atoms. The van der Waals surface area contributed by atoms with Crippen LogP contribution < -0.4 is 15.5 Å². The Labute approximate surface area is 146 Å². The minimum absolute atomic E-state index is 0.290. The normalized spacial score (nSPS) is 16.6. The first kappa shape index (κ1) is 17.2. The van der Waals surface area contributed by atoms with Crippen molar-refractivity contribution in [2.24, 2.45) is 0 Å². The smallest absolute Gasteiger partial charge is 0.321 e. The molecule has 8 heteroatoms. The lowest BCUT2D eigenvalue weighted by molar-refractivity contribution is -0.124. The highest BCUT2D eigenvalue weighted by atomic mass is 16.4. The number of rotatable bonds is 4. The molecule has 0 unspecified atom stereocenters. The van der Waals surface area contributed by atoms with Crippen molar-refractivity contribution in [2.75, 3.05) is 37.6 Å². The van der Waals surface area contributed by atoms with E-state index in [0.29, 0.717) is 38.7 Å². The number of anilines is 1. The number of oxazole rings is 1. The maximum absolute atomic E-state index is 12.1. The Morgan fingerprint density at radius 3 is 2.64 bits per heavy atom. The molecule has 134 valence electrons. The van der Waals surface area contributed by atoms with Gasteiger partial charge in [0.05, 0.1) is 6.04 Å². The number of carbonyl (C=O) groups excluding carboxylic acids is 2. The Hall–Kier alpha value is -2.61. The highest BCUT2D eigenvalue weighted by molar-refractivity contribution is 5.96. The molecule has 3 rings (SSSR count). The molecule has 0 radical (unpaired) electrons. The van der Waals surface area contributed by atoms with Gasteiger partial charge in [-0.25, -0.2) is 4.79 Å². The number of para-hydroxylation sites is 2. The average Bonchev–Trinajstić information content (AvgIpc) is 3.05. The number of nitrogens with zero attached hydrogens (tertiary/aromatic N) is 3. The lowest BCUT2D eigenvalue weighted by atomic mass is 10.2. The molecule has 2 heterocycles. The van der Waals surface area contributed by atoms with E-state index in [4.69, 9.17) is 4.42 Å². The largest absolute Gasteiger partial charge is 0.423 e. The van der Waals surface area contributed by atoms with Crippen molar-refractivity contribution < 1.29 is 14.0 Å². The predicted molar refractivity (Wildman–Crippen MR) is 94.5 cm³/mol. The van der Waals surface area contributed by atoms with E-state index in [1.54, 1.807) is 6.92 Å². The van der Waals surface area contributed by atoms with Gasteiger partial charge in [0.1, 0.15) is 5.52 Å². The Kier molecular flexibility index (Phi) is 5.18. The van der Waals surface area contributed by atoms with Gasteiger partial charge >= 0.3 is 6.03 Å². The van der Waals surface area contributed by atoms with Crippen LogP contribution in [0.4, 0.5) is 10.8 Å². The van der Waals surface area contributed by atoms with Gasteiger partial charge in [-0.3, -0.25) is 15.0 Å². The van der Waals surface area contributed by atoms with Crippen LogP contribution >= 0.6 is 0 Å². The van der Waals surface area contributed by atoms with E-state index in [1.165, 1.54) is 0 Å².